The maximum atomic E-state index is 13.5. The summed E-state index contributed by atoms with van der Waals surface area (Å²) in [6.45, 7) is 7.89. The molecule has 1 N–H and O–H groups in total. The summed E-state index contributed by atoms with van der Waals surface area (Å²) in [7, 11) is 0. The van der Waals surface area contributed by atoms with Gasteiger partial charge in [0.05, 0.1) is 19.8 Å². The average molecular weight is 550 g/mol. The second-order valence-electron chi connectivity index (χ2n) is 9.59. The molecule has 10 heteroatoms. The number of fused-ring (bicyclic) bond motifs is 1. The Balaban J connectivity index is 1.67. The van der Waals surface area contributed by atoms with Crippen molar-refractivity contribution < 1.29 is 14.3 Å². The Morgan fingerprint density at radius 3 is 2.51 bits per heavy atom. The number of halogens is 1. The number of nitrogens with zero attached hydrogens (tertiary/aromatic N) is 4. The first-order valence-corrected chi connectivity index (χ1v) is 13.6. The fourth-order valence-corrected chi connectivity index (χ4v) is 5.33. The Hall–Kier alpha value is -3.53. The Morgan fingerprint density at radius 1 is 1.10 bits per heavy atom. The van der Waals surface area contributed by atoms with Crippen molar-refractivity contribution in [3.63, 3.8) is 0 Å². The number of carbonyl (C=O) groups is 1. The Morgan fingerprint density at radius 2 is 1.82 bits per heavy atom. The summed E-state index contributed by atoms with van der Waals surface area (Å²) in [5.41, 5.74) is 2.49. The molecule has 5 rings (SSSR count). The van der Waals surface area contributed by atoms with Crippen LogP contribution in [0.4, 0.5) is 17.3 Å². The van der Waals surface area contributed by atoms with Crippen molar-refractivity contribution in [1.82, 2.24) is 14.5 Å². The fraction of sp³-hybridized carbons (Fsp3) is 0.379. The van der Waals surface area contributed by atoms with E-state index in [0.29, 0.717) is 59.9 Å². The van der Waals surface area contributed by atoms with E-state index in [2.05, 4.69) is 15.2 Å². The third-order valence-corrected chi connectivity index (χ3v) is 7.37. The largest absolute Gasteiger partial charge is 0.465 e. The van der Waals surface area contributed by atoms with Gasteiger partial charge in [-0.15, -0.1) is 0 Å². The number of carbonyl (C=O) groups excluding carboxylic acids is 1. The zero-order chi connectivity index (χ0) is 27.4. The topological polar surface area (TPSA) is 98.1 Å². The first kappa shape index (κ1) is 27.1. The molecule has 0 radical (unpaired) electrons. The molecule has 2 aliphatic heterocycles. The van der Waals surface area contributed by atoms with Gasteiger partial charge in [-0.25, -0.2) is 9.79 Å². The van der Waals surface area contributed by atoms with Crippen molar-refractivity contribution >= 4 is 40.6 Å². The smallest absolute Gasteiger partial charge is 0.351 e. The highest BCUT2D eigenvalue weighted by Gasteiger charge is 2.42. The standard InChI is InChI=1S/C29H32ClN5O4/c1-3-39-28(36)23-19(2)31-27-25(24(23)20-7-5-4-6-8-20)26(32-22-11-9-21(30)10-12-22)33-29(37)35(27)14-13-34-15-17-38-18-16-34/h4-12,23-24H,3,13-18H2,1-2H3,(H,32,33,37). The highest BCUT2D eigenvalue weighted by Crippen LogP contribution is 2.45. The molecule has 1 aromatic heterocycles. The van der Waals surface area contributed by atoms with E-state index in [-0.39, 0.29) is 12.6 Å². The van der Waals surface area contributed by atoms with Gasteiger partial charge in [-0.1, -0.05) is 41.9 Å². The third kappa shape index (κ3) is 5.90. The number of rotatable bonds is 8. The number of ether oxygens (including phenoxy) is 2. The number of anilines is 2. The van der Waals surface area contributed by atoms with E-state index in [0.717, 1.165) is 18.7 Å². The summed E-state index contributed by atoms with van der Waals surface area (Å²) in [6.07, 6.45) is 0. The molecule has 2 aromatic carbocycles. The summed E-state index contributed by atoms with van der Waals surface area (Å²) in [6, 6.07) is 16.9. The van der Waals surface area contributed by atoms with E-state index in [9.17, 15) is 9.59 Å². The average Bonchev–Trinajstić information content (AvgIpc) is 2.94. The van der Waals surface area contributed by atoms with Crippen LogP contribution in [-0.4, -0.2) is 65.6 Å². The highest BCUT2D eigenvalue weighted by molar-refractivity contribution is 6.30. The Labute approximate surface area is 232 Å². The molecule has 0 spiro atoms. The van der Waals surface area contributed by atoms with Gasteiger partial charge in [0.1, 0.15) is 17.6 Å². The number of aromatic nitrogens is 2. The minimum absolute atomic E-state index is 0.254. The molecule has 2 unspecified atom stereocenters. The summed E-state index contributed by atoms with van der Waals surface area (Å²) >= 11 is 6.10. The van der Waals surface area contributed by atoms with Crippen LogP contribution >= 0.6 is 11.6 Å². The Kier molecular flexibility index (Phi) is 8.40. The number of nitrogens with one attached hydrogen (secondary N) is 1. The van der Waals surface area contributed by atoms with Gasteiger partial charge < -0.3 is 14.8 Å². The second-order valence-corrected chi connectivity index (χ2v) is 10.0. The molecule has 0 bridgehead atoms. The molecule has 1 saturated heterocycles. The van der Waals surface area contributed by atoms with Crippen LogP contribution in [0.3, 0.4) is 0 Å². The number of hydrogen-bond donors (Lipinski definition) is 1. The highest BCUT2D eigenvalue weighted by atomic mass is 35.5. The quantitative estimate of drug-likeness (QED) is 0.416. The summed E-state index contributed by atoms with van der Waals surface area (Å²) in [5.74, 6) is -0.624. The van der Waals surface area contributed by atoms with Crippen LogP contribution in [0.15, 0.2) is 64.4 Å². The predicted molar refractivity (Wildman–Crippen MR) is 152 cm³/mol. The minimum Gasteiger partial charge on any atom is -0.465 e. The van der Waals surface area contributed by atoms with Gasteiger partial charge in [-0.05, 0) is 43.7 Å². The van der Waals surface area contributed by atoms with Crippen molar-refractivity contribution in [3.8, 4) is 0 Å². The molecular weight excluding hydrogens is 518 g/mol. The van der Waals surface area contributed by atoms with Crippen molar-refractivity contribution in [3.05, 3.63) is 81.2 Å². The molecule has 0 aliphatic carbocycles. The lowest BCUT2D eigenvalue weighted by Gasteiger charge is -2.34. The first-order valence-electron chi connectivity index (χ1n) is 13.2. The monoisotopic (exact) mass is 549 g/mol. The van der Waals surface area contributed by atoms with Crippen LogP contribution in [-0.2, 0) is 20.8 Å². The van der Waals surface area contributed by atoms with Crippen molar-refractivity contribution in [2.45, 2.75) is 26.3 Å². The van der Waals surface area contributed by atoms with Gasteiger partial charge in [-0.3, -0.25) is 14.3 Å². The molecule has 39 heavy (non-hydrogen) atoms. The van der Waals surface area contributed by atoms with E-state index in [1.807, 2.05) is 49.4 Å². The number of hydrogen-bond acceptors (Lipinski definition) is 8. The van der Waals surface area contributed by atoms with Crippen LogP contribution in [0.1, 0.15) is 30.9 Å². The van der Waals surface area contributed by atoms with E-state index >= 15 is 0 Å². The van der Waals surface area contributed by atoms with Crippen molar-refractivity contribution in [2.75, 3.05) is 44.8 Å². The number of benzene rings is 2. The molecule has 2 atom stereocenters. The molecule has 1 fully saturated rings. The first-order chi connectivity index (χ1) is 19.0. The maximum absolute atomic E-state index is 13.5. The normalized spacial score (nSPS) is 19.2. The zero-order valence-electron chi connectivity index (χ0n) is 22.1. The SMILES string of the molecule is CCOC(=O)C1C(C)=Nc2c(c(Nc3ccc(Cl)cc3)nc(=O)n2CCN2CCOCC2)C1c1ccccc1. The van der Waals surface area contributed by atoms with Gasteiger partial charge in [0.2, 0.25) is 0 Å². The minimum atomic E-state index is -0.669. The molecule has 0 amide bonds. The van der Waals surface area contributed by atoms with E-state index < -0.39 is 17.5 Å². The fourth-order valence-electron chi connectivity index (χ4n) is 5.20. The molecule has 9 nitrogen and oxygen atoms in total. The lowest BCUT2D eigenvalue weighted by Crippen LogP contribution is -2.41. The van der Waals surface area contributed by atoms with Gasteiger partial charge in [0, 0.05) is 54.1 Å². The third-order valence-electron chi connectivity index (χ3n) is 7.12. The van der Waals surface area contributed by atoms with Gasteiger partial charge in [0.25, 0.3) is 0 Å². The Bertz CT molecular complexity index is 1400. The summed E-state index contributed by atoms with van der Waals surface area (Å²) < 4.78 is 12.6. The van der Waals surface area contributed by atoms with Crippen molar-refractivity contribution in [2.24, 2.45) is 10.9 Å². The molecule has 2 aliphatic rings. The van der Waals surface area contributed by atoms with Gasteiger partial charge in [0.15, 0.2) is 0 Å². The number of esters is 1. The maximum Gasteiger partial charge on any atom is 0.351 e. The second kappa shape index (κ2) is 12.1. The van der Waals surface area contributed by atoms with E-state index in [1.165, 1.54) is 0 Å². The summed E-state index contributed by atoms with van der Waals surface area (Å²) in [5, 5.41) is 3.90. The molecule has 0 saturated carbocycles. The molecular formula is C29H32ClN5O4. The predicted octanol–water partition coefficient (Wildman–Crippen LogP) is 4.39. The molecule has 3 aromatic rings. The van der Waals surface area contributed by atoms with Crippen LogP contribution in [0.25, 0.3) is 0 Å². The van der Waals surface area contributed by atoms with E-state index in [4.69, 9.17) is 26.1 Å². The number of aliphatic imine (C=N–C) groups is 1. The van der Waals surface area contributed by atoms with Crippen LogP contribution in [0.2, 0.25) is 5.02 Å². The summed E-state index contributed by atoms with van der Waals surface area (Å²) in [4.78, 5) is 38.5. The molecule has 204 valence electrons. The lowest BCUT2D eigenvalue weighted by atomic mass is 9.76. The number of morpholine rings is 1. The van der Waals surface area contributed by atoms with Gasteiger partial charge in [-0.2, -0.15) is 4.98 Å². The zero-order valence-corrected chi connectivity index (χ0v) is 22.9. The van der Waals surface area contributed by atoms with Crippen LogP contribution in [0.5, 0.6) is 0 Å². The molecule has 3 heterocycles. The van der Waals surface area contributed by atoms with Crippen molar-refractivity contribution in [1.29, 1.82) is 0 Å². The van der Waals surface area contributed by atoms with Gasteiger partial charge >= 0.3 is 11.7 Å². The van der Waals surface area contributed by atoms with E-state index in [1.54, 1.807) is 23.6 Å². The van der Waals surface area contributed by atoms with Crippen LogP contribution in [0, 0.1) is 5.92 Å². The van der Waals surface area contributed by atoms with Crippen LogP contribution < -0.4 is 11.0 Å². The lowest BCUT2D eigenvalue weighted by molar-refractivity contribution is -0.146.